The highest BCUT2D eigenvalue weighted by molar-refractivity contribution is 7.84. The molecule has 0 saturated carbocycles. The Balaban J connectivity index is 3.20. The Morgan fingerprint density at radius 3 is 2.64 bits per heavy atom. The molecule has 60 valence electrons. The summed E-state index contributed by atoms with van der Waals surface area (Å²) < 4.78 is 11.0. The summed E-state index contributed by atoms with van der Waals surface area (Å²) in [7, 11) is -0.967. The second kappa shape index (κ2) is 3.00. The average molecular weight is 170 g/mol. The van der Waals surface area contributed by atoms with Crippen molar-refractivity contribution in [2.45, 2.75) is 11.8 Å². The molecule has 0 aliphatic heterocycles. The van der Waals surface area contributed by atoms with E-state index in [2.05, 4.69) is 4.98 Å². The van der Waals surface area contributed by atoms with E-state index >= 15 is 0 Å². The van der Waals surface area contributed by atoms with Gasteiger partial charge in [0.1, 0.15) is 5.82 Å². The third-order valence-electron chi connectivity index (χ3n) is 1.37. The number of hydrogen-bond donors (Lipinski definition) is 1. The molecule has 2 N–H and O–H groups in total. The Hall–Kier alpha value is -0.900. The zero-order chi connectivity index (χ0) is 8.43. The molecule has 1 heterocycles. The molecule has 1 unspecified atom stereocenters. The summed E-state index contributed by atoms with van der Waals surface area (Å²) in [5.74, 6) is 0.469. The van der Waals surface area contributed by atoms with Gasteiger partial charge in [-0.05, 0) is 19.1 Å². The van der Waals surface area contributed by atoms with Crippen LogP contribution in [0.2, 0.25) is 0 Å². The first-order chi connectivity index (χ1) is 5.11. The predicted molar refractivity (Wildman–Crippen MR) is 45.7 cm³/mol. The van der Waals surface area contributed by atoms with E-state index in [1.165, 1.54) is 0 Å². The highest BCUT2D eigenvalue weighted by atomic mass is 32.2. The van der Waals surface area contributed by atoms with Gasteiger partial charge >= 0.3 is 0 Å². The molecule has 1 rings (SSSR count). The summed E-state index contributed by atoms with van der Waals surface area (Å²) in [4.78, 5) is 4.73. The van der Waals surface area contributed by atoms with Crippen LogP contribution in [0, 0.1) is 6.92 Å². The van der Waals surface area contributed by atoms with Gasteiger partial charge in [-0.15, -0.1) is 0 Å². The first kappa shape index (κ1) is 8.20. The number of aryl methyl sites for hydroxylation is 1. The molecule has 1 atom stereocenters. The van der Waals surface area contributed by atoms with Crippen molar-refractivity contribution in [2.75, 3.05) is 12.0 Å². The fourth-order valence-corrected chi connectivity index (χ4v) is 1.59. The Kier molecular flexibility index (Phi) is 2.24. The third-order valence-corrected chi connectivity index (χ3v) is 2.42. The molecule has 0 amide bonds. The SMILES string of the molecule is Cc1nc(N)ccc1S(C)=O. The van der Waals surface area contributed by atoms with Crippen molar-refractivity contribution in [1.29, 1.82) is 0 Å². The lowest BCUT2D eigenvalue weighted by atomic mass is 10.4. The van der Waals surface area contributed by atoms with Crippen LogP contribution in [0.15, 0.2) is 17.0 Å². The number of rotatable bonds is 1. The lowest BCUT2D eigenvalue weighted by Crippen LogP contribution is -1.97. The van der Waals surface area contributed by atoms with Crippen molar-refractivity contribution in [3.8, 4) is 0 Å². The molecule has 0 aliphatic carbocycles. The molecule has 4 heteroatoms. The van der Waals surface area contributed by atoms with Crippen LogP contribution in [-0.2, 0) is 10.8 Å². The van der Waals surface area contributed by atoms with Crippen molar-refractivity contribution >= 4 is 16.6 Å². The summed E-state index contributed by atoms with van der Waals surface area (Å²) in [6.45, 7) is 1.80. The first-order valence-corrected chi connectivity index (χ1v) is 4.73. The third kappa shape index (κ3) is 1.77. The van der Waals surface area contributed by atoms with Gasteiger partial charge in [0.15, 0.2) is 0 Å². The largest absolute Gasteiger partial charge is 0.384 e. The second-order valence-corrected chi connectivity index (χ2v) is 3.62. The predicted octanol–water partition coefficient (Wildman–Crippen LogP) is 0.710. The Morgan fingerprint density at radius 2 is 2.18 bits per heavy atom. The zero-order valence-electron chi connectivity index (χ0n) is 6.50. The zero-order valence-corrected chi connectivity index (χ0v) is 7.31. The van der Waals surface area contributed by atoms with Crippen molar-refractivity contribution in [3.05, 3.63) is 17.8 Å². The van der Waals surface area contributed by atoms with Gasteiger partial charge in [0.2, 0.25) is 0 Å². The van der Waals surface area contributed by atoms with E-state index < -0.39 is 10.8 Å². The molecule has 0 saturated heterocycles. The molecule has 0 spiro atoms. The van der Waals surface area contributed by atoms with Gasteiger partial charge in [0.05, 0.1) is 21.4 Å². The lowest BCUT2D eigenvalue weighted by molar-refractivity contribution is 0.686. The molecule has 0 fully saturated rings. The number of pyridine rings is 1. The molecule has 0 radical (unpaired) electrons. The average Bonchev–Trinajstić information content (AvgIpc) is 1.85. The highest BCUT2D eigenvalue weighted by Crippen LogP contribution is 2.10. The lowest BCUT2D eigenvalue weighted by Gasteiger charge is -2.00. The fourth-order valence-electron chi connectivity index (χ4n) is 0.872. The number of nitrogen functional groups attached to an aromatic ring is 1. The van der Waals surface area contributed by atoms with Gasteiger partial charge in [-0.1, -0.05) is 0 Å². The van der Waals surface area contributed by atoms with E-state index in [1.54, 1.807) is 25.3 Å². The maximum Gasteiger partial charge on any atom is 0.123 e. The highest BCUT2D eigenvalue weighted by Gasteiger charge is 2.02. The molecule has 11 heavy (non-hydrogen) atoms. The Morgan fingerprint density at radius 1 is 1.55 bits per heavy atom. The Bertz CT molecular complexity index is 298. The summed E-state index contributed by atoms with van der Waals surface area (Å²) in [5.41, 5.74) is 6.16. The van der Waals surface area contributed by atoms with Gasteiger partial charge in [0, 0.05) is 6.26 Å². The van der Waals surface area contributed by atoms with Gasteiger partial charge in [-0.25, -0.2) is 4.98 Å². The van der Waals surface area contributed by atoms with E-state index in [0.717, 1.165) is 10.6 Å². The number of aromatic nitrogens is 1. The van der Waals surface area contributed by atoms with Crippen LogP contribution in [0.3, 0.4) is 0 Å². The van der Waals surface area contributed by atoms with Crippen molar-refractivity contribution in [3.63, 3.8) is 0 Å². The standard InChI is InChI=1S/C7H10N2OS/c1-5-6(11(2)10)3-4-7(8)9-5/h3-4H,1-2H3,(H2,8,9). The number of nitrogens with two attached hydrogens (primary N) is 1. The second-order valence-electron chi connectivity index (χ2n) is 2.27. The van der Waals surface area contributed by atoms with Crippen molar-refractivity contribution in [2.24, 2.45) is 0 Å². The quantitative estimate of drug-likeness (QED) is 0.675. The Labute approximate surface area is 68.1 Å². The molecule has 0 aromatic carbocycles. The fraction of sp³-hybridized carbons (Fsp3) is 0.286. The normalized spacial score (nSPS) is 12.9. The topological polar surface area (TPSA) is 56.0 Å². The van der Waals surface area contributed by atoms with Crippen LogP contribution >= 0.6 is 0 Å². The van der Waals surface area contributed by atoms with Gasteiger partial charge in [-0.3, -0.25) is 4.21 Å². The molecule has 0 aliphatic rings. The maximum absolute atomic E-state index is 11.0. The summed E-state index contributed by atoms with van der Waals surface area (Å²) >= 11 is 0. The molecule has 1 aromatic rings. The van der Waals surface area contributed by atoms with Crippen LogP contribution in [0.5, 0.6) is 0 Å². The number of anilines is 1. The van der Waals surface area contributed by atoms with Crippen LogP contribution in [-0.4, -0.2) is 15.4 Å². The van der Waals surface area contributed by atoms with Crippen LogP contribution in [0.4, 0.5) is 5.82 Å². The van der Waals surface area contributed by atoms with E-state index in [-0.39, 0.29) is 0 Å². The number of nitrogens with zero attached hydrogens (tertiary/aromatic N) is 1. The van der Waals surface area contributed by atoms with Crippen LogP contribution < -0.4 is 5.73 Å². The van der Waals surface area contributed by atoms with E-state index in [4.69, 9.17) is 5.73 Å². The van der Waals surface area contributed by atoms with E-state index in [0.29, 0.717) is 5.82 Å². The molecular weight excluding hydrogens is 160 g/mol. The minimum absolute atomic E-state index is 0.469. The molecule has 0 bridgehead atoms. The van der Waals surface area contributed by atoms with Gasteiger partial charge in [0.25, 0.3) is 0 Å². The first-order valence-electron chi connectivity index (χ1n) is 3.18. The van der Waals surface area contributed by atoms with Gasteiger partial charge in [-0.2, -0.15) is 0 Å². The monoisotopic (exact) mass is 170 g/mol. The minimum Gasteiger partial charge on any atom is -0.384 e. The van der Waals surface area contributed by atoms with Gasteiger partial charge < -0.3 is 5.73 Å². The summed E-state index contributed by atoms with van der Waals surface area (Å²) in [6.07, 6.45) is 1.63. The van der Waals surface area contributed by atoms with E-state index in [1.807, 2.05) is 0 Å². The summed E-state index contributed by atoms with van der Waals surface area (Å²) in [5, 5.41) is 0. The number of hydrogen-bond acceptors (Lipinski definition) is 3. The van der Waals surface area contributed by atoms with Crippen LogP contribution in [0.25, 0.3) is 0 Å². The van der Waals surface area contributed by atoms with Crippen molar-refractivity contribution in [1.82, 2.24) is 4.98 Å². The minimum atomic E-state index is -0.967. The maximum atomic E-state index is 11.0. The summed E-state index contributed by atoms with van der Waals surface area (Å²) in [6, 6.07) is 3.40. The smallest absolute Gasteiger partial charge is 0.123 e. The van der Waals surface area contributed by atoms with E-state index in [9.17, 15) is 4.21 Å². The van der Waals surface area contributed by atoms with Crippen molar-refractivity contribution < 1.29 is 4.21 Å². The molecule has 1 aromatic heterocycles. The van der Waals surface area contributed by atoms with Crippen LogP contribution in [0.1, 0.15) is 5.69 Å². The molecular formula is C7H10N2OS. The molecule has 3 nitrogen and oxygen atoms in total.